The SMILES string of the molecule is CCCC(N)c1ccn(Cc2ccc(OC)cc2)c1. The van der Waals surface area contributed by atoms with E-state index in [1.807, 2.05) is 12.1 Å². The molecule has 0 bridgehead atoms. The molecule has 0 spiro atoms. The van der Waals surface area contributed by atoms with Gasteiger partial charge < -0.3 is 15.0 Å². The predicted molar refractivity (Wildman–Crippen MR) is 78.4 cm³/mol. The molecule has 2 aromatic rings. The Morgan fingerprint density at radius 3 is 2.58 bits per heavy atom. The van der Waals surface area contributed by atoms with E-state index in [0.29, 0.717) is 0 Å². The summed E-state index contributed by atoms with van der Waals surface area (Å²) in [6.07, 6.45) is 6.39. The molecule has 1 aromatic heterocycles. The third kappa shape index (κ3) is 3.61. The van der Waals surface area contributed by atoms with Crippen molar-refractivity contribution in [2.45, 2.75) is 32.4 Å². The molecule has 19 heavy (non-hydrogen) atoms. The lowest BCUT2D eigenvalue weighted by Gasteiger charge is -2.08. The van der Waals surface area contributed by atoms with Crippen LogP contribution in [0.25, 0.3) is 0 Å². The van der Waals surface area contributed by atoms with Crippen LogP contribution in [0, 0.1) is 0 Å². The largest absolute Gasteiger partial charge is 0.497 e. The summed E-state index contributed by atoms with van der Waals surface area (Å²) >= 11 is 0. The molecule has 0 aliphatic heterocycles. The molecule has 1 atom stereocenters. The first-order chi connectivity index (χ1) is 9.22. The molecule has 0 fully saturated rings. The van der Waals surface area contributed by atoms with E-state index in [-0.39, 0.29) is 6.04 Å². The highest BCUT2D eigenvalue weighted by molar-refractivity contribution is 5.27. The smallest absolute Gasteiger partial charge is 0.118 e. The van der Waals surface area contributed by atoms with Crippen LogP contribution >= 0.6 is 0 Å². The van der Waals surface area contributed by atoms with Crippen molar-refractivity contribution in [3.63, 3.8) is 0 Å². The number of methoxy groups -OCH3 is 1. The van der Waals surface area contributed by atoms with Crippen LogP contribution in [0.15, 0.2) is 42.7 Å². The van der Waals surface area contributed by atoms with Gasteiger partial charge in [0.05, 0.1) is 7.11 Å². The van der Waals surface area contributed by atoms with Gasteiger partial charge in [0, 0.05) is 25.0 Å². The molecule has 3 nitrogen and oxygen atoms in total. The molecular formula is C16H22N2O. The molecule has 1 unspecified atom stereocenters. The van der Waals surface area contributed by atoms with Gasteiger partial charge in [-0.2, -0.15) is 0 Å². The van der Waals surface area contributed by atoms with Crippen molar-refractivity contribution in [1.82, 2.24) is 4.57 Å². The zero-order valence-electron chi connectivity index (χ0n) is 11.7. The number of ether oxygens (including phenoxy) is 1. The second kappa shape index (κ2) is 6.43. The van der Waals surface area contributed by atoms with Gasteiger partial charge >= 0.3 is 0 Å². The Hall–Kier alpha value is -1.74. The van der Waals surface area contributed by atoms with Crippen molar-refractivity contribution in [2.75, 3.05) is 7.11 Å². The van der Waals surface area contributed by atoms with Gasteiger partial charge in [0.2, 0.25) is 0 Å². The monoisotopic (exact) mass is 258 g/mol. The van der Waals surface area contributed by atoms with Crippen LogP contribution in [0.5, 0.6) is 5.75 Å². The second-order valence-electron chi connectivity index (χ2n) is 4.86. The fraction of sp³-hybridized carbons (Fsp3) is 0.375. The lowest BCUT2D eigenvalue weighted by Crippen LogP contribution is -2.08. The zero-order chi connectivity index (χ0) is 13.7. The summed E-state index contributed by atoms with van der Waals surface area (Å²) in [5.74, 6) is 0.891. The van der Waals surface area contributed by atoms with E-state index >= 15 is 0 Å². The Morgan fingerprint density at radius 1 is 1.21 bits per heavy atom. The minimum Gasteiger partial charge on any atom is -0.497 e. The zero-order valence-corrected chi connectivity index (χ0v) is 11.7. The van der Waals surface area contributed by atoms with Crippen LogP contribution in [0.3, 0.4) is 0 Å². The quantitative estimate of drug-likeness (QED) is 0.863. The average molecular weight is 258 g/mol. The molecule has 0 aliphatic carbocycles. The van der Waals surface area contributed by atoms with Crippen LogP contribution in [0.2, 0.25) is 0 Å². The van der Waals surface area contributed by atoms with Gasteiger partial charge in [-0.3, -0.25) is 0 Å². The summed E-state index contributed by atoms with van der Waals surface area (Å²) in [6, 6.07) is 10.4. The van der Waals surface area contributed by atoms with E-state index in [9.17, 15) is 0 Å². The van der Waals surface area contributed by atoms with Crippen LogP contribution in [-0.2, 0) is 6.54 Å². The molecule has 0 saturated heterocycles. The minimum absolute atomic E-state index is 0.155. The fourth-order valence-electron chi connectivity index (χ4n) is 2.20. The summed E-state index contributed by atoms with van der Waals surface area (Å²) < 4.78 is 7.33. The lowest BCUT2D eigenvalue weighted by atomic mass is 10.1. The number of rotatable bonds is 6. The average Bonchev–Trinajstić information content (AvgIpc) is 2.88. The van der Waals surface area contributed by atoms with Gasteiger partial charge in [-0.1, -0.05) is 25.5 Å². The topological polar surface area (TPSA) is 40.2 Å². The number of nitrogens with two attached hydrogens (primary N) is 1. The van der Waals surface area contributed by atoms with Crippen LogP contribution < -0.4 is 10.5 Å². The normalized spacial score (nSPS) is 12.4. The summed E-state index contributed by atoms with van der Waals surface area (Å²) in [4.78, 5) is 0. The minimum atomic E-state index is 0.155. The summed E-state index contributed by atoms with van der Waals surface area (Å²) in [5.41, 5.74) is 8.59. The van der Waals surface area contributed by atoms with Crippen molar-refractivity contribution in [1.29, 1.82) is 0 Å². The van der Waals surface area contributed by atoms with E-state index in [4.69, 9.17) is 10.5 Å². The number of nitrogens with zero attached hydrogens (tertiary/aromatic N) is 1. The number of aromatic nitrogens is 1. The molecule has 2 N–H and O–H groups in total. The molecule has 1 heterocycles. The van der Waals surface area contributed by atoms with Crippen LogP contribution in [-0.4, -0.2) is 11.7 Å². The van der Waals surface area contributed by atoms with E-state index in [2.05, 4.69) is 42.1 Å². The molecule has 0 saturated carbocycles. The highest BCUT2D eigenvalue weighted by atomic mass is 16.5. The van der Waals surface area contributed by atoms with Crippen molar-refractivity contribution in [3.8, 4) is 5.75 Å². The van der Waals surface area contributed by atoms with Crippen molar-refractivity contribution >= 4 is 0 Å². The van der Waals surface area contributed by atoms with Crippen LogP contribution in [0.4, 0.5) is 0 Å². The first-order valence-electron chi connectivity index (χ1n) is 6.77. The Balaban J connectivity index is 2.02. The molecule has 2 rings (SSSR count). The maximum Gasteiger partial charge on any atom is 0.118 e. The standard InChI is InChI=1S/C16H22N2O/c1-3-4-16(17)14-9-10-18(12-14)11-13-5-7-15(19-2)8-6-13/h5-10,12,16H,3-4,11,17H2,1-2H3. The van der Waals surface area contributed by atoms with E-state index < -0.39 is 0 Å². The van der Waals surface area contributed by atoms with Crippen LogP contribution in [0.1, 0.15) is 36.9 Å². The molecule has 0 amide bonds. The maximum absolute atomic E-state index is 6.12. The third-order valence-electron chi connectivity index (χ3n) is 3.33. The molecule has 3 heteroatoms. The summed E-state index contributed by atoms with van der Waals surface area (Å²) in [7, 11) is 1.68. The van der Waals surface area contributed by atoms with E-state index in [1.165, 1.54) is 11.1 Å². The van der Waals surface area contributed by atoms with E-state index in [0.717, 1.165) is 25.1 Å². The van der Waals surface area contributed by atoms with Gasteiger partial charge in [0.25, 0.3) is 0 Å². The second-order valence-corrected chi connectivity index (χ2v) is 4.86. The first-order valence-corrected chi connectivity index (χ1v) is 6.77. The Labute approximate surface area is 115 Å². The summed E-state index contributed by atoms with van der Waals surface area (Å²) in [5, 5.41) is 0. The summed E-state index contributed by atoms with van der Waals surface area (Å²) in [6.45, 7) is 3.02. The number of hydrogen-bond acceptors (Lipinski definition) is 2. The van der Waals surface area contributed by atoms with Gasteiger partial charge in [0.15, 0.2) is 0 Å². The highest BCUT2D eigenvalue weighted by Crippen LogP contribution is 2.17. The third-order valence-corrected chi connectivity index (χ3v) is 3.33. The fourth-order valence-corrected chi connectivity index (χ4v) is 2.20. The lowest BCUT2D eigenvalue weighted by molar-refractivity contribution is 0.414. The number of benzene rings is 1. The molecule has 102 valence electrons. The van der Waals surface area contributed by atoms with Gasteiger partial charge in [-0.15, -0.1) is 0 Å². The predicted octanol–water partition coefficient (Wildman–Crippen LogP) is 3.34. The van der Waals surface area contributed by atoms with Crippen molar-refractivity contribution in [2.24, 2.45) is 5.73 Å². The Morgan fingerprint density at radius 2 is 1.95 bits per heavy atom. The van der Waals surface area contributed by atoms with Crippen molar-refractivity contribution < 1.29 is 4.74 Å². The van der Waals surface area contributed by atoms with Gasteiger partial charge in [-0.25, -0.2) is 0 Å². The van der Waals surface area contributed by atoms with Gasteiger partial charge in [0.1, 0.15) is 5.75 Å². The molecule has 0 aliphatic rings. The van der Waals surface area contributed by atoms with Gasteiger partial charge in [-0.05, 0) is 35.7 Å². The molecule has 1 aromatic carbocycles. The van der Waals surface area contributed by atoms with E-state index in [1.54, 1.807) is 7.11 Å². The Bertz CT molecular complexity index is 502. The highest BCUT2D eigenvalue weighted by Gasteiger charge is 2.06. The molecular weight excluding hydrogens is 236 g/mol. The molecule has 0 radical (unpaired) electrons. The van der Waals surface area contributed by atoms with Crippen molar-refractivity contribution in [3.05, 3.63) is 53.9 Å². The maximum atomic E-state index is 6.12. The number of hydrogen-bond donors (Lipinski definition) is 1. The Kier molecular flexibility index (Phi) is 4.63. The first kappa shape index (κ1) is 13.7.